The standard InChI is InChI=1S/C16H23N3O4S/c17-15(21)12-2-1-3-13(18-24(22,23)11-10-20)14(12)19-8-6-16(4-5-16)7-9-19/h1-3,18,20H,4-11H2,(H2,17,21). The summed E-state index contributed by atoms with van der Waals surface area (Å²) in [6.45, 7) is 1.09. The van der Waals surface area contributed by atoms with Crippen molar-refractivity contribution in [2.75, 3.05) is 35.1 Å². The van der Waals surface area contributed by atoms with E-state index in [0.717, 1.165) is 25.9 Å². The number of carbonyl (C=O) groups is 1. The third-order valence-corrected chi connectivity index (χ3v) is 6.28. The van der Waals surface area contributed by atoms with Gasteiger partial charge in [0.1, 0.15) is 0 Å². The van der Waals surface area contributed by atoms with E-state index in [0.29, 0.717) is 22.4 Å². The van der Waals surface area contributed by atoms with Gasteiger partial charge in [-0.2, -0.15) is 0 Å². The van der Waals surface area contributed by atoms with Gasteiger partial charge < -0.3 is 15.7 Å². The van der Waals surface area contributed by atoms with Gasteiger partial charge >= 0.3 is 0 Å². The number of aliphatic hydroxyl groups excluding tert-OH is 1. The van der Waals surface area contributed by atoms with Gasteiger partial charge in [0, 0.05) is 13.1 Å². The lowest BCUT2D eigenvalue weighted by Crippen LogP contribution is -2.36. The maximum atomic E-state index is 12.0. The van der Waals surface area contributed by atoms with Crippen LogP contribution in [0.15, 0.2) is 18.2 Å². The number of nitrogens with one attached hydrogen (secondary N) is 1. The molecule has 0 unspecified atom stereocenters. The number of piperidine rings is 1. The molecule has 1 aromatic rings. The molecule has 132 valence electrons. The molecule has 3 rings (SSSR count). The summed E-state index contributed by atoms with van der Waals surface area (Å²) in [5, 5.41) is 8.90. The van der Waals surface area contributed by atoms with Gasteiger partial charge in [-0.15, -0.1) is 0 Å². The maximum Gasteiger partial charge on any atom is 0.250 e. The molecular weight excluding hydrogens is 330 g/mol. The van der Waals surface area contributed by atoms with Gasteiger partial charge in [0.2, 0.25) is 10.0 Å². The SMILES string of the molecule is NC(=O)c1cccc(NS(=O)(=O)CCO)c1N1CCC2(CC1)CC2. The number of sulfonamides is 1. The molecule has 8 heteroatoms. The van der Waals surface area contributed by atoms with Crippen molar-refractivity contribution in [3.05, 3.63) is 23.8 Å². The van der Waals surface area contributed by atoms with Crippen LogP contribution in [0.1, 0.15) is 36.0 Å². The predicted molar refractivity (Wildman–Crippen MR) is 92.6 cm³/mol. The van der Waals surface area contributed by atoms with Gasteiger partial charge in [0.05, 0.1) is 29.3 Å². The Hall–Kier alpha value is -1.80. The number of hydrogen-bond acceptors (Lipinski definition) is 5. The summed E-state index contributed by atoms with van der Waals surface area (Å²) in [4.78, 5) is 13.9. The lowest BCUT2D eigenvalue weighted by molar-refractivity contribution is 0.100. The van der Waals surface area contributed by atoms with Crippen molar-refractivity contribution in [3.8, 4) is 0 Å². The van der Waals surface area contributed by atoms with Crippen molar-refractivity contribution >= 4 is 27.3 Å². The van der Waals surface area contributed by atoms with E-state index in [1.165, 1.54) is 12.8 Å². The molecule has 0 radical (unpaired) electrons. The Morgan fingerprint density at radius 2 is 1.92 bits per heavy atom. The van der Waals surface area contributed by atoms with Gasteiger partial charge in [-0.05, 0) is 43.2 Å². The monoisotopic (exact) mass is 353 g/mol. The summed E-state index contributed by atoms with van der Waals surface area (Å²) in [7, 11) is -3.68. The molecule has 0 atom stereocenters. The molecule has 2 aliphatic rings. The molecule has 1 aliphatic heterocycles. The van der Waals surface area contributed by atoms with E-state index >= 15 is 0 Å². The van der Waals surface area contributed by atoms with Crippen LogP contribution in [0, 0.1) is 5.41 Å². The van der Waals surface area contributed by atoms with Crippen molar-refractivity contribution in [2.45, 2.75) is 25.7 Å². The summed E-state index contributed by atoms with van der Waals surface area (Å²) in [5.74, 6) is -0.976. The molecule has 0 bridgehead atoms. The quantitative estimate of drug-likeness (QED) is 0.703. The minimum atomic E-state index is -3.68. The second-order valence-corrected chi connectivity index (χ2v) is 8.54. The summed E-state index contributed by atoms with van der Waals surface area (Å²) in [6.07, 6.45) is 4.61. The molecule has 1 aromatic carbocycles. The summed E-state index contributed by atoms with van der Waals surface area (Å²) < 4.78 is 26.5. The fourth-order valence-corrected chi connectivity index (χ4v) is 4.23. The number of rotatable bonds is 6. The van der Waals surface area contributed by atoms with Gasteiger partial charge in [-0.1, -0.05) is 6.07 Å². The highest BCUT2D eigenvalue weighted by atomic mass is 32.2. The average molecular weight is 353 g/mol. The molecule has 2 fully saturated rings. The summed E-state index contributed by atoms with van der Waals surface area (Å²) in [6, 6.07) is 4.84. The number of para-hydroxylation sites is 1. The second kappa shape index (κ2) is 6.25. The van der Waals surface area contributed by atoms with Gasteiger partial charge in [-0.25, -0.2) is 8.42 Å². The predicted octanol–water partition coefficient (Wildman–Crippen LogP) is 0.900. The van der Waals surface area contributed by atoms with E-state index < -0.39 is 28.3 Å². The minimum Gasteiger partial charge on any atom is -0.395 e. The van der Waals surface area contributed by atoms with Crippen LogP contribution in [0.3, 0.4) is 0 Å². The third-order valence-electron chi connectivity index (χ3n) is 5.02. The van der Waals surface area contributed by atoms with Crippen molar-refractivity contribution in [1.82, 2.24) is 0 Å². The second-order valence-electron chi connectivity index (χ2n) is 6.70. The molecule has 1 saturated carbocycles. The van der Waals surface area contributed by atoms with Gasteiger partial charge in [0.15, 0.2) is 0 Å². The number of benzene rings is 1. The third kappa shape index (κ3) is 3.49. The topological polar surface area (TPSA) is 113 Å². The first-order valence-electron chi connectivity index (χ1n) is 8.15. The molecule has 1 amide bonds. The number of amides is 1. The highest BCUT2D eigenvalue weighted by Gasteiger charge is 2.44. The fourth-order valence-electron chi connectivity index (χ4n) is 3.39. The Kier molecular flexibility index (Phi) is 4.44. The molecule has 1 saturated heterocycles. The van der Waals surface area contributed by atoms with E-state index in [4.69, 9.17) is 10.8 Å². The Balaban J connectivity index is 1.93. The molecule has 1 aliphatic carbocycles. The van der Waals surface area contributed by atoms with Crippen LogP contribution in [-0.4, -0.2) is 44.9 Å². The average Bonchev–Trinajstić information content (AvgIpc) is 3.27. The summed E-state index contributed by atoms with van der Waals surface area (Å²) in [5.41, 5.74) is 7.16. The lowest BCUT2D eigenvalue weighted by atomic mass is 9.93. The van der Waals surface area contributed by atoms with Crippen LogP contribution < -0.4 is 15.4 Å². The normalized spacial score (nSPS) is 19.3. The Morgan fingerprint density at radius 3 is 2.46 bits per heavy atom. The Morgan fingerprint density at radius 1 is 1.25 bits per heavy atom. The molecule has 7 nitrogen and oxygen atoms in total. The van der Waals surface area contributed by atoms with E-state index in [-0.39, 0.29) is 0 Å². The molecule has 1 heterocycles. The highest BCUT2D eigenvalue weighted by Crippen LogP contribution is 2.54. The van der Waals surface area contributed by atoms with Crippen molar-refractivity contribution in [3.63, 3.8) is 0 Å². The van der Waals surface area contributed by atoms with Crippen LogP contribution in [0.4, 0.5) is 11.4 Å². The Bertz CT molecular complexity index is 734. The van der Waals surface area contributed by atoms with Crippen molar-refractivity contribution in [2.24, 2.45) is 11.1 Å². The van der Waals surface area contributed by atoms with Crippen LogP contribution in [-0.2, 0) is 10.0 Å². The van der Waals surface area contributed by atoms with Gasteiger partial charge in [-0.3, -0.25) is 9.52 Å². The molecular formula is C16H23N3O4S. The lowest BCUT2D eigenvalue weighted by Gasteiger charge is -2.35. The molecule has 1 spiro atoms. The van der Waals surface area contributed by atoms with Gasteiger partial charge in [0.25, 0.3) is 5.91 Å². The van der Waals surface area contributed by atoms with Crippen molar-refractivity contribution in [1.29, 1.82) is 0 Å². The first kappa shape index (κ1) is 17.0. The highest BCUT2D eigenvalue weighted by molar-refractivity contribution is 7.92. The summed E-state index contributed by atoms with van der Waals surface area (Å²) >= 11 is 0. The largest absolute Gasteiger partial charge is 0.395 e. The zero-order valence-corrected chi connectivity index (χ0v) is 14.3. The number of hydrogen-bond donors (Lipinski definition) is 3. The minimum absolute atomic E-state index is 0.311. The number of anilines is 2. The van der Waals surface area contributed by atoms with Crippen LogP contribution in [0.25, 0.3) is 0 Å². The Labute approximate surface area is 141 Å². The first-order valence-corrected chi connectivity index (χ1v) is 9.80. The van der Waals surface area contributed by atoms with Crippen LogP contribution in [0.2, 0.25) is 0 Å². The van der Waals surface area contributed by atoms with Crippen molar-refractivity contribution < 1.29 is 18.3 Å². The van der Waals surface area contributed by atoms with E-state index in [1.807, 2.05) is 4.90 Å². The van der Waals surface area contributed by atoms with E-state index in [2.05, 4.69) is 4.72 Å². The number of carbonyl (C=O) groups excluding carboxylic acids is 1. The molecule has 24 heavy (non-hydrogen) atoms. The fraction of sp³-hybridized carbons (Fsp3) is 0.562. The zero-order valence-electron chi connectivity index (χ0n) is 13.5. The number of nitrogens with zero attached hydrogens (tertiary/aromatic N) is 1. The van der Waals surface area contributed by atoms with E-state index in [9.17, 15) is 13.2 Å². The number of nitrogens with two attached hydrogens (primary N) is 1. The maximum absolute atomic E-state index is 12.0. The smallest absolute Gasteiger partial charge is 0.250 e. The molecule has 0 aromatic heterocycles. The van der Waals surface area contributed by atoms with Crippen LogP contribution >= 0.6 is 0 Å². The van der Waals surface area contributed by atoms with E-state index in [1.54, 1.807) is 18.2 Å². The first-order chi connectivity index (χ1) is 11.4. The zero-order chi connectivity index (χ0) is 17.4. The number of primary amides is 1. The van der Waals surface area contributed by atoms with Crippen LogP contribution in [0.5, 0.6) is 0 Å². The number of aliphatic hydroxyl groups is 1. The molecule has 4 N–H and O–H groups in total.